The van der Waals surface area contributed by atoms with E-state index >= 15 is 0 Å². The Bertz CT molecular complexity index is 1020. The number of ketones is 1. The van der Waals surface area contributed by atoms with Crippen molar-refractivity contribution in [2.24, 2.45) is 0 Å². The van der Waals surface area contributed by atoms with E-state index in [-0.39, 0.29) is 6.42 Å². The van der Waals surface area contributed by atoms with Gasteiger partial charge in [0, 0.05) is 12.0 Å². The molecule has 0 heterocycles. The first-order chi connectivity index (χ1) is 14.1. The third kappa shape index (κ3) is 5.25. The van der Waals surface area contributed by atoms with Crippen molar-refractivity contribution in [3.05, 3.63) is 83.9 Å². The maximum atomic E-state index is 12.9. The van der Waals surface area contributed by atoms with Crippen molar-refractivity contribution in [2.75, 3.05) is 13.2 Å². The summed E-state index contributed by atoms with van der Waals surface area (Å²) in [6.07, 6.45) is 0.243. The number of benzene rings is 3. The van der Waals surface area contributed by atoms with E-state index in [4.69, 9.17) is 0 Å². The van der Waals surface area contributed by atoms with Gasteiger partial charge in [0.05, 0.1) is 6.54 Å². The summed E-state index contributed by atoms with van der Waals surface area (Å²) in [5, 5.41) is 6.86. The number of alkyl halides is 1. The first-order valence-electron chi connectivity index (χ1n) is 9.26. The first kappa shape index (κ1) is 20.2. The molecule has 3 rings (SSSR count). The van der Waals surface area contributed by atoms with Gasteiger partial charge in [-0.2, -0.15) is 0 Å². The number of halogens is 1. The van der Waals surface area contributed by atoms with Gasteiger partial charge in [0.25, 0.3) is 5.91 Å². The van der Waals surface area contributed by atoms with Gasteiger partial charge in [-0.15, -0.1) is 0 Å². The Morgan fingerprint density at radius 1 is 0.862 bits per heavy atom. The number of carbonyl (C=O) groups is 3. The average molecular weight is 392 g/mol. The Labute approximate surface area is 167 Å². The third-order valence-corrected chi connectivity index (χ3v) is 4.55. The van der Waals surface area contributed by atoms with Crippen LogP contribution in [0, 0.1) is 0 Å². The monoisotopic (exact) mass is 392 g/mol. The highest BCUT2D eigenvalue weighted by molar-refractivity contribution is 6.08. The molecule has 2 amide bonds. The Hall–Kier alpha value is -3.54. The van der Waals surface area contributed by atoms with E-state index in [1.165, 1.54) is 0 Å². The van der Waals surface area contributed by atoms with Crippen LogP contribution in [0.2, 0.25) is 0 Å². The molecule has 3 aromatic carbocycles. The molecule has 3 aromatic rings. The van der Waals surface area contributed by atoms with Crippen molar-refractivity contribution >= 4 is 28.4 Å². The van der Waals surface area contributed by atoms with E-state index in [0.717, 1.165) is 16.3 Å². The SMILES string of the molecule is O=C(CF)CNC(=O)C(Cc1ccccc1)NC(=O)c1cccc2ccccc12. The van der Waals surface area contributed by atoms with Crippen molar-refractivity contribution in [1.82, 2.24) is 10.6 Å². The average Bonchev–Trinajstić information content (AvgIpc) is 2.76. The summed E-state index contributed by atoms with van der Waals surface area (Å²) in [7, 11) is 0. The van der Waals surface area contributed by atoms with Crippen LogP contribution in [0.4, 0.5) is 4.39 Å². The van der Waals surface area contributed by atoms with Crippen LogP contribution in [0.5, 0.6) is 0 Å². The molecule has 0 spiro atoms. The van der Waals surface area contributed by atoms with Crippen LogP contribution in [0.25, 0.3) is 10.8 Å². The van der Waals surface area contributed by atoms with Gasteiger partial charge in [0.15, 0.2) is 5.78 Å². The molecule has 0 saturated carbocycles. The molecular formula is C23H21FN2O3. The molecule has 0 aliphatic heterocycles. The van der Waals surface area contributed by atoms with E-state index in [0.29, 0.717) is 5.56 Å². The topological polar surface area (TPSA) is 75.3 Å². The molecule has 1 unspecified atom stereocenters. The molecule has 0 saturated heterocycles. The number of amides is 2. The zero-order valence-electron chi connectivity index (χ0n) is 15.7. The predicted octanol–water partition coefficient (Wildman–Crippen LogP) is 2.84. The van der Waals surface area contributed by atoms with Gasteiger partial charge in [-0.1, -0.05) is 66.7 Å². The van der Waals surface area contributed by atoms with Gasteiger partial charge in [-0.25, -0.2) is 4.39 Å². The minimum absolute atomic E-state index is 0.243. The highest BCUT2D eigenvalue weighted by atomic mass is 19.1. The fourth-order valence-electron chi connectivity index (χ4n) is 3.07. The second-order valence-corrected chi connectivity index (χ2v) is 6.63. The highest BCUT2D eigenvalue weighted by Gasteiger charge is 2.23. The maximum absolute atomic E-state index is 12.9. The summed E-state index contributed by atoms with van der Waals surface area (Å²) in [6, 6.07) is 21.2. The fraction of sp³-hybridized carbons (Fsp3) is 0.174. The van der Waals surface area contributed by atoms with Gasteiger partial charge in [-0.3, -0.25) is 14.4 Å². The van der Waals surface area contributed by atoms with Crippen molar-refractivity contribution in [3.63, 3.8) is 0 Å². The number of carbonyl (C=O) groups excluding carboxylic acids is 3. The molecule has 0 radical (unpaired) electrons. The summed E-state index contributed by atoms with van der Waals surface area (Å²) in [4.78, 5) is 36.7. The molecule has 5 nitrogen and oxygen atoms in total. The number of fused-ring (bicyclic) bond motifs is 1. The predicted molar refractivity (Wildman–Crippen MR) is 109 cm³/mol. The molecule has 0 fully saturated rings. The van der Waals surface area contributed by atoms with E-state index in [1.807, 2.05) is 60.7 Å². The zero-order valence-corrected chi connectivity index (χ0v) is 15.7. The molecule has 29 heavy (non-hydrogen) atoms. The Morgan fingerprint density at radius 3 is 2.31 bits per heavy atom. The minimum atomic E-state index is -1.15. The zero-order chi connectivity index (χ0) is 20.6. The van der Waals surface area contributed by atoms with Crippen molar-refractivity contribution in [2.45, 2.75) is 12.5 Å². The third-order valence-electron chi connectivity index (χ3n) is 4.55. The summed E-state index contributed by atoms with van der Waals surface area (Å²) in [5.74, 6) is -1.66. The molecule has 0 aliphatic carbocycles. The number of hydrogen-bond donors (Lipinski definition) is 2. The van der Waals surface area contributed by atoms with Gasteiger partial charge in [0.2, 0.25) is 5.91 Å². The van der Waals surface area contributed by atoms with Crippen LogP contribution in [0.15, 0.2) is 72.8 Å². The molecular weight excluding hydrogens is 371 g/mol. The number of hydrogen-bond acceptors (Lipinski definition) is 3. The van der Waals surface area contributed by atoms with Gasteiger partial charge in [0.1, 0.15) is 12.7 Å². The summed E-state index contributed by atoms with van der Waals surface area (Å²) in [6.45, 7) is -1.56. The Morgan fingerprint density at radius 2 is 1.55 bits per heavy atom. The largest absolute Gasteiger partial charge is 0.347 e. The lowest BCUT2D eigenvalue weighted by molar-refractivity contribution is -0.126. The van der Waals surface area contributed by atoms with Crippen LogP contribution in [-0.2, 0) is 16.0 Å². The second kappa shape index (κ2) is 9.59. The smallest absolute Gasteiger partial charge is 0.252 e. The standard InChI is InChI=1S/C23H21FN2O3/c24-14-18(27)15-25-23(29)21(13-16-7-2-1-3-8-16)26-22(28)20-12-6-10-17-9-4-5-11-19(17)20/h1-12,21H,13-15H2,(H,25,29)(H,26,28). The summed E-state index contributed by atoms with van der Waals surface area (Å²) >= 11 is 0. The van der Waals surface area contributed by atoms with Crippen molar-refractivity contribution in [1.29, 1.82) is 0 Å². The molecule has 6 heteroatoms. The second-order valence-electron chi connectivity index (χ2n) is 6.63. The van der Waals surface area contributed by atoms with Crippen LogP contribution < -0.4 is 10.6 Å². The molecule has 2 N–H and O–H groups in total. The lowest BCUT2D eigenvalue weighted by Crippen LogP contribution is -2.49. The Kier molecular flexibility index (Phi) is 6.68. The van der Waals surface area contributed by atoms with Crippen LogP contribution in [0.1, 0.15) is 15.9 Å². The highest BCUT2D eigenvalue weighted by Crippen LogP contribution is 2.18. The quantitative estimate of drug-likeness (QED) is 0.619. The van der Waals surface area contributed by atoms with Crippen LogP contribution >= 0.6 is 0 Å². The van der Waals surface area contributed by atoms with E-state index in [1.54, 1.807) is 12.1 Å². The lowest BCUT2D eigenvalue weighted by Gasteiger charge is -2.19. The number of rotatable bonds is 8. The molecule has 148 valence electrons. The van der Waals surface area contributed by atoms with Crippen molar-refractivity contribution < 1.29 is 18.8 Å². The summed E-state index contributed by atoms with van der Waals surface area (Å²) < 4.78 is 12.4. The molecule has 0 aromatic heterocycles. The summed E-state index contributed by atoms with van der Waals surface area (Å²) in [5.41, 5.74) is 1.30. The van der Waals surface area contributed by atoms with Gasteiger partial charge in [-0.05, 0) is 22.4 Å². The fourth-order valence-corrected chi connectivity index (χ4v) is 3.07. The molecule has 0 bridgehead atoms. The number of nitrogens with one attached hydrogen (secondary N) is 2. The van der Waals surface area contributed by atoms with E-state index in [2.05, 4.69) is 10.6 Å². The van der Waals surface area contributed by atoms with E-state index < -0.39 is 36.9 Å². The minimum Gasteiger partial charge on any atom is -0.347 e. The van der Waals surface area contributed by atoms with Gasteiger partial charge < -0.3 is 10.6 Å². The van der Waals surface area contributed by atoms with Crippen LogP contribution in [0.3, 0.4) is 0 Å². The normalized spacial score (nSPS) is 11.6. The number of Topliss-reactive ketones (excluding diaryl/α,β-unsaturated/α-hetero) is 1. The maximum Gasteiger partial charge on any atom is 0.252 e. The lowest BCUT2D eigenvalue weighted by atomic mass is 10.0. The Balaban J connectivity index is 1.82. The molecule has 1 atom stereocenters. The van der Waals surface area contributed by atoms with Gasteiger partial charge >= 0.3 is 0 Å². The van der Waals surface area contributed by atoms with E-state index in [9.17, 15) is 18.8 Å². The van der Waals surface area contributed by atoms with Crippen molar-refractivity contribution in [3.8, 4) is 0 Å². The van der Waals surface area contributed by atoms with Crippen LogP contribution in [-0.4, -0.2) is 36.9 Å². The first-order valence-corrected chi connectivity index (χ1v) is 9.26. The molecule has 0 aliphatic rings.